The molecule has 20 heavy (non-hydrogen) atoms. The van der Waals surface area contributed by atoms with Crippen molar-refractivity contribution >= 4 is 5.91 Å². The van der Waals surface area contributed by atoms with Crippen LogP contribution >= 0.6 is 0 Å². The molecule has 0 radical (unpaired) electrons. The Hall–Kier alpha value is -2.17. The first-order valence-corrected chi connectivity index (χ1v) is 6.99. The van der Waals surface area contributed by atoms with Gasteiger partial charge < -0.3 is 4.90 Å². The highest BCUT2D eigenvalue weighted by Crippen LogP contribution is 2.26. The highest BCUT2D eigenvalue weighted by Gasteiger charge is 2.24. The zero-order chi connectivity index (χ0) is 13.8. The number of nitrogens with zero attached hydrogens (tertiary/aromatic N) is 3. The maximum absolute atomic E-state index is 12.3. The van der Waals surface area contributed by atoms with Gasteiger partial charge in [0.25, 0.3) is 0 Å². The number of hydrogen-bond acceptors (Lipinski definition) is 3. The maximum atomic E-state index is 12.3. The van der Waals surface area contributed by atoms with Gasteiger partial charge in [-0.05, 0) is 36.6 Å². The van der Waals surface area contributed by atoms with Gasteiger partial charge in [-0.1, -0.05) is 0 Å². The summed E-state index contributed by atoms with van der Waals surface area (Å²) in [6.07, 6.45) is 7.92. The van der Waals surface area contributed by atoms with E-state index in [4.69, 9.17) is 0 Å². The van der Waals surface area contributed by atoms with E-state index in [1.54, 1.807) is 6.20 Å². The van der Waals surface area contributed by atoms with Crippen LogP contribution in [0.25, 0.3) is 0 Å². The fourth-order valence-corrected chi connectivity index (χ4v) is 2.77. The van der Waals surface area contributed by atoms with Crippen LogP contribution in [-0.4, -0.2) is 39.1 Å². The minimum atomic E-state index is 0.174. The Morgan fingerprint density at radius 1 is 1.30 bits per heavy atom. The van der Waals surface area contributed by atoms with Crippen molar-refractivity contribution in [3.05, 3.63) is 48.0 Å². The number of carbonyl (C=O) groups is 1. The third kappa shape index (κ3) is 2.87. The third-order valence-electron chi connectivity index (χ3n) is 3.85. The smallest absolute Gasteiger partial charge is 0.228 e. The fourth-order valence-electron chi connectivity index (χ4n) is 2.77. The van der Waals surface area contributed by atoms with Gasteiger partial charge in [-0.25, -0.2) is 0 Å². The molecule has 1 saturated heterocycles. The number of amides is 1. The van der Waals surface area contributed by atoms with E-state index in [1.165, 1.54) is 5.56 Å². The minimum Gasteiger partial charge on any atom is -0.342 e. The van der Waals surface area contributed by atoms with Crippen LogP contribution < -0.4 is 0 Å². The normalized spacial score (nSPS) is 19.0. The van der Waals surface area contributed by atoms with Gasteiger partial charge >= 0.3 is 0 Å². The number of H-pyrrole nitrogens is 1. The molecule has 0 spiro atoms. The third-order valence-corrected chi connectivity index (χ3v) is 3.85. The number of carbonyl (C=O) groups excluding carboxylic acids is 1. The van der Waals surface area contributed by atoms with Crippen LogP contribution in [0.2, 0.25) is 0 Å². The highest BCUT2D eigenvalue weighted by atomic mass is 16.2. The van der Waals surface area contributed by atoms with Gasteiger partial charge in [-0.15, -0.1) is 0 Å². The Morgan fingerprint density at radius 3 is 2.90 bits per heavy atom. The van der Waals surface area contributed by atoms with Crippen molar-refractivity contribution in [1.82, 2.24) is 20.1 Å². The molecule has 5 nitrogen and oxygen atoms in total. The lowest BCUT2D eigenvalue weighted by atomic mass is 9.91. The van der Waals surface area contributed by atoms with Crippen molar-refractivity contribution in [3.63, 3.8) is 0 Å². The molecule has 0 saturated carbocycles. The first-order chi connectivity index (χ1) is 9.83. The predicted octanol–water partition coefficient (Wildman–Crippen LogP) is 1.75. The summed E-state index contributed by atoms with van der Waals surface area (Å²) in [5, 5.41) is 6.72. The van der Waals surface area contributed by atoms with Crippen LogP contribution in [0.15, 0.2) is 36.8 Å². The van der Waals surface area contributed by atoms with E-state index >= 15 is 0 Å². The molecular formula is C15H18N4O. The maximum Gasteiger partial charge on any atom is 0.228 e. The van der Waals surface area contributed by atoms with Gasteiger partial charge in [-0.3, -0.25) is 14.9 Å². The Morgan fingerprint density at radius 2 is 2.15 bits per heavy atom. The van der Waals surface area contributed by atoms with E-state index in [9.17, 15) is 4.79 Å². The van der Waals surface area contributed by atoms with E-state index < -0.39 is 0 Å². The summed E-state index contributed by atoms with van der Waals surface area (Å²) in [4.78, 5) is 18.3. The molecule has 3 rings (SSSR count). The lowest BCUT2D eigenvalue weighted by molar-refractivity contribution is -0.131. The molecule has 0 bridgehead atoms. The molecule has 2 aromatic heterocycles. The molecular weight excluding hydrogens is 252 g/mol. The van der Waals surface area contributed by atoms with E-state index in [0.29, 0.717) is 12.3 Å². The summed E-state index contributed by atoms with van der Waals surface area (Å²) in [7, 11) is 0. The summed E-state index contributed by atoms with van der Waals surface area (Å²) in [5.74, 6) is 0.602. The molecule has 2 aromatic rings. The molecule has 104 valence electrons. The number of hydrogen-bond donors (Lipinski definition) is 1. The molecule has 1 atom stereocenters. The van der Waals surface area contributed by atoms with Crippen molar-refractivity contribution in [2.75, 3.05) is 13.1 Å². The highest BCUT2D eigenvalue weighted by molar-refractivity contribution is 5.78. The molecule has 1 N–H and O–H groups in total. The van der Waals surface area contributed by atoms with Crippen LogP contribution in [0.4, 0.5) is 0 Å². The topological polar surface area (TPSA) is 61.9 Å². The van der Waals surface area contributed by atoms with E-state index in [2.05, 4.69) is 15.2 Å². The van der Waals surface area contributed by atoms with E-state index in [0.717, 1.165) is 31.6 Å². The molecule has 1 aliphatic rings. The average molecular weight is 270 g/mol. The number of likely N-dealkylation sites (tertiary alicyclic amines) is 1. The minimum absolute atomic E-state index is 0.174. The van der Waals surface area contributed by atoms with Gasteiger partial charge in [-0.2, -0.15) is 5.10 Å². The predicted molar refractivity (Wildman–Crippen MR) is 75.1 cm³/mol. The summed E-state index contributed by atoms with van der Waals surface area (Å²) in [5.41, 5.74) is 2.15. The first-order valence-electron chi connectivity index (χ1n) is 6.99. The van der Waals surface area contributed by atoms with Crippen LogP contribution in [-0.2, 0) is 11.2 Å². The lowest BCUT2D eigenvalue weighted by Gasteiger charge is -2.33. The van der Waals surface area contributed by atoms with Gasteiger partial charge in [0.2, 0.25) is 5.91 Å². The average Bonchev–Trinajstić information content (AvgIpc) is 3.01. The first kappa shape index (κ1) is 12.8. The fraction of sp³-hybridized carbons (Fsp3) is 0.400. The summed E-state index contributed by atoms with van der Waals surface area (Å²) in [6.45, 7) is 1.66. The molecule has 1 fully saturated rings. The van der Waals surface area contributed by atoms with Crippen molar-refractivity contribution in [2.45, 2.75) is 25.2 Å². The van der Waals surface area contributed by atoms with Crippen LogP contribution in [0, 0.1) is 0 Å². The second-order valence-electron chi connectivity index (χ2n) is 5.22. The van der Waals surface area contributed by atoms with Gasteiger partial charge in [0.15, 0.2) is 0 Å². The molecule has 0 aliphatic carbocycles. The van der Waals surface area contributed by atoms with E-state index in [-0.39, 0.29) is 5.91 Å². The molecule has 1 unspecified atom stereocenters. The van der Waals surface area contributed by atoms with Crippen molar-refractivity contribution in [1.29, 1.82) is 0 Å². The zero-order valence-electron chi connectivity index (χ0n) is 11.3. The molecule has 3 heterocycles. The Bertz CT molecular complexity index is 553. The van der Waals surface area contributed by atoms with Gasteiger partial charge in [0.05, 0.1) is 6.42 Å². The number of aromatic nitrogens is 3. The molecule has 0 aromatic carbocycles. The molecule has 5 heteroatoms. The second-order valence-corrected chi connectivity index (χ2v) is 5.22. The Kier molecular flexibility index (Phi) is 3.76. The lowest BCUT2D eigenvalue weighted by Crippen LogP contribution is -2.40. The van der Waals surface area contributed by atoms with Crippen molar-refractivity contribution in [3.8, 4) is 0 Å². The number of piperidine rings is 1. The standard InChI is InChI=1S/C15H18N4O/c20-15(10-14-5-8-17-18-14)19-9-1-2-13(11-19)12-3-6-16-7-4-12/h3-8,13H,1-2,9-11H2,(H,17,18). The summed E-state index contributed by atoms with van der Waals surface area (Å²) >= 11 is 0. The van der Waals surface area contributed by atoms with Crippen LogP contribution in [0.5, 0.6) is 0 Å². The largest absolute Gasteiger partial charge is 0.342 e. The summed E-state index contributed by atoms with van der Waals surface area (Å²) < 4.78 is 0. The molecule has 1 amide bonds. The number of aromatic amines is 1. The van der Waals surface area contributed by atoms with Crippen molar-refractivity contribution in [2.24, 2.45) is 0 Å². The zero-order valence-corrected chi connectivity index (χ0v) is 11.3. The Labute approximate surface area is 118 Å². The number of pyridine rings is 1. The number of nitrogens with one attached hydrogen (secondary N) is 1. The van der Waals surface area contributed by atoms with Gasteiger partial charge in [0.1, 0.15) is 0 Å². The van der Waals surface area contributed by atoms with Crippen LogP contribution in [0.3, 0.4) is 0 Å². The van der Waals surface area contributed by atoms with Crippen LogP contribution in [0.1, 0.15) is 30.0 Å². The van der Waals surface area contributed by atoms with E-state index in [1.807, 2.05) is 35.5 Å². The molecule has 1 aliphatic heterocycles. The second kappa shape index (κ2) is 5.86. The monoisotopic (exact) mass is 270 g/mol. The van der Waals surface area contributed by atoms with Gasteiger partial charge in [0, 0.05) is 43.3 Å². The summed E-state index contributed by atoms with van der Waals surface area (Å²) in [6, 6.07) is 5.95. The Balaban J connectivity index is 1.64. The number of rotatable bonds is 3. The SMILES string of the molecule is O=C(Cc1ccn[nH]1)N1CCCC(c2ccncc2)C1. The van der Waals surface area contributed by atoms with Crippen molar-refractivity contribution < 1.29 is 4.79 Å². The quantitative estimate of drug-likeness (QED) is 0.924.